The lowest BCUT2D eigenvalue weighted by Crippen LogP contribution is -2.38. The average Bonchev–Trinajstić information content (AvgIpc) is 2.97. The van der Waals surface area contributed by atoms with Crippen LogP contribution in [-0.2, 0) is 11.3 Å². The van der Waals surface area contributed by atoms with Gasteiger partial charge in [-0.2, -0.15) is 0 Å². The molecule has 0 bridgehead atoms. The van der Waals surface area contributed by atoms with Gasteiger partial charge in [0, 0.05) is 48.8 Å². The third-order valence-corrected chi connectivity index (χ3v) is 4.46. The summed E-state index contributed by atoms with van der Waals surface area (Å²) in [4.78, 5) is 11.0. The molecule has 1 saturated heterocycles. The van der Waals surface area contributed by atoms with Gasteiger partial charge in [0.15, 0.2) is 0 Å². The minimum absolute atomic E-state index is 0.165. The van der Waals surface area contributed by atoms with Gasteiger partial charge in [0.05, 0.1) is 18.4 Å². The maximum Gasteiger partial charge on any atom is 0.233 e. The number of imidazole rings is 1. The molecule has 4 rings (SSSR count). The SMILES string of the molecule is Fc1ccc(C2CN(Cc3cn4cccnc4n3)CCO2)c(Cl)c1. The van der Waals surface area contributed by atoms with Crippen LogP contribution in [0.1, 0.15) is 17.4 Å². The van der Waals surface area contributed by atoms with Gasteiger partial charge in [-0.15, -0.1) is 0 Å². The summed E-state index contributed by atoms with van der Waals surface area (Å²) >= 11 is 6.16. The zero-order valence-corrected chi connectivity index (χ0v) is 13.7. The zero-order valence-electron chi connectivity index (χ0n) is 12.9. The molecule has 5 nitrogen and oxygen atoms in total. The number of fused-ring (bicyclic) bond motifs is 1. The molecule has 1 aromatic carbocycles. The van der Waals surface area contributed by atoms with Gasteiger partial charge in [0.25, 0.3) is 0 Å². The molecule has 1 aliphatic heterocycles. The molecule has 3 aromatic rings. The van der Waals surface area contributed by atoms with Gasteiger partial charge in [-0.1, -0.05) is 17.7 Å². The van der Waals surface area contributed by atoms with E-state index in [1.54, 1.807) is 12.3 Å². The van der Waals surface area contributed by atoms with Crippen LogP contribution in [0.25, 0.3) is 5.78 Å². The smallest absolute Gasteiger partial charge is 0.233 e. The van der Waals surface area contributed by atoms with E-state index in [9.17, 15) is 4.39 Å². The highest BCUT2D eigenvalue weighted by atomic mass is 35.5. The number of hydrogen-bond acceptors (Lipinski definition) is 4. The van der Waals surface area contributed by atoms with Crippen molar-refractivity contribution in [1.82, 2.24) is 19.3 Å². The summed E-state index contributed by atoms with van der Waals surface area (Å²) in [5.74, 6) is 0.354. The monoisotopic (exact) mass is 346 g/mol. The van der Waals surface area contributed by atoms with Gasteiger partial charge in [0.1, 0.15) is 5.82 Å². The van der Waals surface area contributed by atoms with Crippen molar-refractivity contribution in [2.24, 2.45) is 0 Å². The first-order valence-corrected chi connectivity index (χ1v) is 8.14. The Hall–Kier alpha value is -2.02. The van der Waals surface area contributed by atoms with Crippen LogP contribution in [0.3, 0.4) is 0 Å². The van der Waals surface area contributed by atoms with E-state index in [1.165, 1.54) is 12.1 Å². The Labute approximate surface area is 143 Å². The maximum atomic E-state index is 13.2. The second-order valence-corrected chi connectivity index (χ2v) is 6.23. The minimum atomic E-state index is -0.339. The molecule has 1 atom stereocenters. The van der Waals surface area contributed by atoms with Crippen LogP contribution >= 0.6 is 11.6 Å². The van der Waals surface area contributed by atoms with E-state index in [-0.39, 0.29) is 11.9 Å². The summed E-state index contributed by atoms with van der Waals surface area (Å²) in [6.45, 7) is 2.81. The molecule has 1 fully saturated rings. The van der Waals surface area contributed by atoms with Crippen LogP contribution in [0.15, 0.2) is 42.9 Å². The highest BCUT2D eigenvalue weighted by molar-refractivity contribution is 6.31. The van der Waals surface area contributed by atoms with Gasteiger partial charge in [-0.05, 0) is 18.2 Å². The van der Waals surface area contributed by atoms with E-state index in [0.717, 1.165) is 17.8 Å². The van der Waals surface area contributed by atoms with Crippen LogP contribution in [0.4, 0.5) is 4.39 Å². The van der Waals surface area contributed by atoms with E-state index >= 15 is 0 Å². The van der Waals surface area contributed by atoms with E-state index in [1.807, 2.05) is 22.9 Å². The molecule has 124 valence electrons. The molecule has 3 heterocycles. The van der Waals surface area contributed by atoms with Crippen molar-refractivity contribution in [1.29, 1.82) is 0 Å². The van der Waals surface area contributed by atoms with Crippen LogP contribution in [-0.4, -0.2) is 39.0 Å². The fourth-order valence-corrected chi connectivity index (χ4v) is 3.27. The second kappa shape index (κ2) is 6.47. The molecular weight excluding hydrogens is 331 g/mol. The summed E-state index contributed by atoms with van der Waals surface area (Å²) in [6.07, 6.45) is 5.48. The molecule has 24 heavy (non-hydrogen) atoms. The number of hydrogen-bond donors (Lipinski definition) is 0. The molecule has 0 saturated carbocycles. The van der Waals surface area contributed by atoms with Crippen LogP contribution in [0.2, 0.25) is 5.02 Å². The molecule has 7 heteroatoms. The average molecular weight is 347 g/mol. The molecule has 0 aliphatic carbocycles. The van der Waals surface area contributed by atoms with Crippen molar-refractivity contribution in [3.05, 3.63) is 65.0 Å². The Balaban J connectivity index is 1.50. The van der Waals surface area contributed by atoms with Gasteiger partial charge in [0.2, 0.25) is 5.78 Å². The van der Waals surface area contributed by atoms with Crippen molar-refractivity contribution >= 4 is 17.4 Å². The van der Waals surface area contributed by atoms with Gasteiger partial charge >= 0.3 is 0 Å². The zero-order chi connectivity index (χ0) is 16.5. The third kappa shape index (κ3) is 3.13. The lowest BCUT2D eigenvalue weighted by Gasteiger charge is -2.33. The number of halogens is 2. The predicted octanol–water partition coefficient (Wildman–Crippen LogP) is 3.10. The number of aromatic nitrogens is 3. The van der Waals surface area contributed by atoms with Crippen molar-refractivity contribution in [3.63, 3.8) is 0 Å². The molecule has 1 unspecified atom stereocenters. The van der Waals surface area contributed by atoms with Crippen LogP contribution in [0, 0.1) is 5.82 Å². The largest absolute Gasteiger partial charge is 0.371 e. The quantitative estimate of drug-likeness (QED) is 0.731. The standard InChI is InChI=1S/C17H16ClFN4O/c18-15-8-12(19)2-3-14(15)16-11-22(6-7-24-16)9-13-10-23-5-1-4-20-17(23)21-13/h1-5,8,10,16H,6-7,9,11H2. The van der Waals surface area contributed by atoms with E-state index < -0.39 is 0 Å². The van der Waals surface area contributed by atoms with E-state index in [0.29, 0.717) is 30.5 Å². The summed E-state index contributed by atoms with van der Waals surface area (Å²) < 4.78 is 21.0. The van der Waals surface area contributed by atoms with Crippen molar-refractivity contribution in [2.75, 3.05) is 19.7 Å². The number of morpholine rings is 1. The number of rotatable bonds is 3. The Morgan fingerprint density at radius 1 is 1.38 bits per heavy atom. The number of benzene rings is 1. The summed E-state index contributed by atoms with van der Waals surface area (Å²) in [6, 6.07) is 6.31. The third-order valence-electron chi connectivity index (χ3n) is 4.13. The molecule has 1 aliphatic rings. The molecule has 0 N–H and O–H groups in total. The minimum Gasteiger partial charge on any atom is -0.371 e. The maximum absolute atomic E-state index is 13.2. The number of ether oxygens (including phenoxy) is 1. The highest BCUT2D eigenvalue weighted by Crippen LogP contribution is 2.29. The molecule has 0 amide bonds. The molecule has 0 spiro atoms. The van der Waals surface area contributed by atoms with Crippen molar-refractivity contribution in [2.45, 2.75) is 12.6 Å². The Bertz CT molecular complexity index is 836. The van der Waals surface area contributed by atoms with Crippen LogP contribution in [0.5, 0.6) is 0 Å². The second-order valence-electron chi connectivity index (χ2n) is 5.82. The van der Waals surface area contributed by atoms with Gasteiger partial charge in [-0.3, -0.25) is 9.30 Å². The summed E-state index contributed by atoms with van der Waals surface area (Å²) in [5, 5.41) is 0.402. The molecule has 0 radical (unpaired) electrons. The predicted molar refractivity (Wildman–Crippen MR) is 88.4 cm³/mol. The normalized spacial score (nSPS) is 19.0. The Morgan fingerprint density at radius 2 is 2.29 bits per heavy atom. The summed E-state index contributed by atoms with van der Waals surface area (Å²) in [7, 11) is 0. The van der Waals surface area contributed by atoms with E-state index in [2.05, 4.69) is 14.9 Å². The highest BCUT2D eigenvalue weighted by Gasteiger charge is 2.24. The number of nitrogens with zero attached hydrogens (tertiary/aromatic N) is 4. The topological polar surface area (TPSA) is 42.7 Å². The Kier molecular flexibility index (Phi) is 4.18. The molecular formula is C17H16ClFN4O. The van der Waals surface area contributed by atoms with Gasteiger partial charge < -0.3 is 4.74 Å². The van der Waals surface area contributed by atoms with Crippen molar-refractivity contribution in [3.8, 4) is 0 Å². The fraction of sp³-hybridized carbons (Fsp3) is 0.294. The first kappa shape index (κ1) is 15.5. The van der Waals surface area contributed by atoms with E-state index in [4.69, 9.17) is 16.3 Å². The molecule has 2 aromatic heterocycles. The Morgan fingerprint density at radius 3 is 3.12 bits per heavy atom. The first-order chi connectivity index (χ1) is 11.7. The fourth-order valence-electron chi connectivity index (χ4n) is 2.98. The summed E-state index contributed by atoms with van der Waals surface area (Å²) in [5.41, 5.74) is 1.78. The van der Waals surface area contributed by atoms with Crippen molar-refractivity contribution < 1.29 is 9.13 Å². The first-order valence-electron chi connectivity index (χ1n) is 7.76. The van der Waals surface area contributed by atoms with Crippen LogP contribution < -0.4 is 0 Å². The lowest BCUT2D eigenvalue weighted by molar-refractivity contribution is -0.0332. The van der Waals surface area contributed by atoms with Gasteiger partial charge in [-0.25, -0.2) is 14.4 Å². The lowest BCUT2D eigenvalue weighted by atomic mass is 10.1.